The lowest BCUT2D eigenvalue weighted by atomic mass is 10.0. The summed E-state index contributed by atoms with van der Waals surface area (Å²) in [5, 5.41) is 0. The molecule has 9 heavy (non-hydrogen) atoms. The highest BCUT2D eigenvalue weighted by Gasteiger charge is 1.95. The molecule has 1 heteroatoms. The highest BCUT2D eigenvalue weighted by atomic mass is 14.5. The second-order valence-corrected chi connectivity index (χ2v) is 2.56. The van der Waals surface area contributed by atoms with Gasteiger partial charge in [-0.2, -0.15) is 0 Å². The molecule has 1 nitrogen and oxygen atoms in total. The van der Waals surface area contributed by atoms with Crippen molar-refractivity contribution in [2.24, 2.45) is 11.7 Å². The lowest BCUT2D eigenvalue weighted by Crippen LogP contribution is -2.09. The minimum absolute atomic E-state index is 0.685. The molecule has 0 rings (SSSR count). The van der Waals surface area contributed by atoms with E-state index in [1.165, 1.54) is 12.8 Å². The second kappa shape index (κ2) is 5.83. The first-order chi connectivity index (χ1) is 4.31. The Morgan fingerprint density at radius 2 is 2.33 bits per heavy atom. The Hall–Kier alpha value is -0.300. The molecule has 0 bridgehead atoms. The molecule has 0 aliphatic carbocycles. The van der Waals surface area contributed by atoms with Crippen molar-refractivity contribution in [2.75, 3.05) is 6.54 Å². The van der Waals surface area contributed by atoms with Crippen LogP contribution in [0.2, 0.25) is 0 Å². The molecule has 0 radical (unpaired) electrons. The predicted molar refractivity (Wildman–Crippen MR) is 42.3 cm³/mol. The topological polar surface area (TPSA) is 26.0 Å². The van der Waals surface area contributed by atoms with E-state index in [0.717, 1.165) is 13.0 Å². The Labute approximate surface area is 57.9 Å². The number of nitrogens with two attached hydrogens (primary N) is 1. The summed E-state index contributed by atoms with van der Waals surface area (Å²) < 4.78 is 0. The van der Waals surface area contributed by atoms with Gasteiger partial charge in [0.05, 0.1) is 0 Å². The van der Waals surface area contributed by atoms with Gasteiger partial charge in [0.2, 0.25) is 0 Å². The normalized spacial score (nSPS) is 13.1. The van der Waals surface area contributed by atoms with Crippen LogP contribution in [-0.4, -0.2) is 6.54 Å². The molecule has 1 atom stereocenters. The van der Waals surface area contributed by atoms with Gasteiger partial charge in [-0.15, -0.1) is 6.58 Å². The standard InChI is InChI=1S/C8H17N/c1-3-4-5-6-8(2)7-9/h3,8H,1,4-7,9H2,2H3. The zero-order chi connectivity index (χ0) is 7.11. The van der Waals surface area contributed by atoms with Gasteiger partial charge in [0.25, 0.3) is 0 Å². The van der Waals surface area contributed by atoms with E-state index in [4.69, 9.17) is 5.73 Å². The summed E-state index contributed by atoms with van der Waals surface area (Å²) in [6, 6.07) is 0. The van der Waals surface area contributed by atoms with Gasteiger partial charge >= 0.3 is 0 Å². The molecule has 0 aromatic heterocycles. The van der Waals surface area contributed by atoms with Crippen LogP contribution in [0.1, 0.15) is 26.2 Å². The maximum Gasteiger partial charge on any atom is -0.00515 e. The molecule has 1 unspecified atom stereocenters. The number of hydrogen-bond acceptors (Lipinski definition) is 1. The maximum absolute atomic E-state index is 5.43. The SMILES string of the molecule is C=CCCCC(C)CN. The molecule has 0 fully saturated rings. The van der Waals surface area contributed by atoms with Crippen molar-refractivity contribution in [3.8, 4) is 0 Å². The smallest absolute Gasteiger partial charge is 0.00515 e. The van der Waals surface area contributed by atoms with Gasteiger partial charge in [-0.25, -0.2) is 0 Å². The van der Waals surface area contributed by atoms with Crippen molar-refractivity contribution in [1.82, 2.24) is 0 Å². The first kappa shape index (κ1) is 8.70. The van der Waals surface area contributed by atoms with E-state index in [1.54, 1.807) is 0 Å². The molecular weight excluding hydrogens is 110 g/mol. The highest BCUT2D eigenvalue weighted by Crippen LogP contribution is 2.05. The third-order valence-electron chi connectivity index (χ3n) is 1.51. The quantitative estimate of drug-likeness (QED) is 0.443. The van der Waals surface area contributed by atoms with Gasteiger partial charge in [0.15, 0.2) is 0 Å². The van der Waals surface area contributed by atoms with Crippen LogP contribution in [0.3, 0.4) is 0 Å². The number of unbranched alkanes of at least 4 members (excludes halogenated alkanes) is 1. The molecule has 0 heterocycles. The average Bonchev–Trinajstić information content (AvgIpc) is 1.89. The van der Waals surface area contributed by atoms with Gasteiger partial charge in [-0.1, -0.05) is 13.0 Å². The summed E-state index contributed by atoms with van der Waals surface area (Å²) in [5.41, 5.74) is 5.43. The molecule has 54 valence electrons. The molecule has 0 aliphatic rings. The summed E-state index contributed by atoms with van der Waals surface area (Å²) in [5.74, 6) is 0.685. The van der Waals surface area contributed by atoms with Crippen LogP contribution in [0.5, 0.6) is 0 Å². The third-order valence-corrected chi connectivity index (χ3v) is 1.51. The van der Waals surface area contributed by atoms with E-state index in [1.807, 2.05) is 6.08 Å². The molecule has 0 spiro atoms. The van der Waals surface area contributed by atoms with Crippen molar-refractivity contribution in [2.45, 2.75) is 26.2 Å². The molecule has 0 aliphatic heterocycles. The van der Waals surface area contributed by atoms with Crippen LogP contribution in [-0.2, 0) is 0 Å². The van der Waals surface area contributed by atoms with E-state index in [0.29, 0.717) is 5.92 Å². The fourth-order valence-electron chi connectivity index (χ4n) is 0.729. The van der Waals surface area contributed by atoms with Gasteiger partial charge in [0.1, 0.15) is 0 Å². The van der Waals surface area contributed by atoms with Crippen LogP contribution < -0.4 is 5.73 Å². The van der Waals surface area contributed by atoms with Crippen LogP contribution in [0.25, 0.3) is 0 Å². The Balaban J connectivity index is 2.96. The van der Waals surface area contributed by atoms with Gasteiger partial charge in [-0.05, 0) is 31.7 Å². The Morgan fingerprint density at radius 3 is 2.78 bits per heavy atom. The van der Waals surface area contributed by atoms with E-state index in [-0.39, 0.29) is 0 Å². The summed E-state index contributed by atoms with van der Waals surface area (Å²) in [7, 11) is 0. The molecule has 0 amide bonds. The number of rotatable bonds is 5. The lowest BCUT2D eigenvalue weighted by molar-refractivity contribution is 0.524. The van der Waals surface area contributed by atoms with Crippen LogP contribution >= 0.6 is 0 Å². The zero-order valence-corrected chi connectivity index (χ0v) is 6.27. The Bertz CT molecular complexity index is 69.0. The second-order valence-electron chi connectivity index (χ2n) is 2.56. The first-order valence-electron chi connectivity index (χ1n) is 3.62. The number of hydrogen-bond donors (Lipinski definition) is 1. The summed E-state index contributed by atoms with van der Waals surface area (Å²) >= 11 is 0. The van der Waals surface area contributed by atoms with Gasteiger partial charge in [0, 0.05) is 0 Å². The minimum Gasteiger partial charge on any atom is -0.330 e. The summed E-state index contributed by atoms with van der Waals surface area (Å²) in [6.07, 6.45) is 5.57. The molecule has 0 aromatic rings. The molecule has 0 saturated heterocycles. The average molecular weight is 127 g/mol. The maximum atomic E-state index is 5.43. The number of allylic oxidation sites excluding steroid dienone is 1. The third kappa shape index (κ3) is 5.57. The highest BCUT2D eigenvalue weighted by molar-refractivity contribution is 4.66. The van der Waals surface area contributed by atoms with E-state index >= 15 is 0 Å². The largest absolute Gasteiger partial charge is 0.330 e. The predicted octanol–water partition coefficient (Wildman–Crippen LogP) is 1.94. The molecule has 0 saturated carbocycles. The van der Waals surface area contributed by atoms with Crippen molar-refractivity contribution < 1.29 is 0 Å². The molecule has 2 N–H and O–H groups in total. The van der Waals surface area contributed by atoms with Crippen LogP contribution in [0, 0.1) is 5.92 Å². The minimum atomic E-state index is 0.685. The Morgan fingerprint density at radius 1 is 1.67 bits per heavy atom. The van der Waals surface area contributed by atoms with E-state index in [2.05, 4.69) is 13.5 Å². The fourth-order valence-corrected chi connectivity index (χ4v) is 0.729. The van der Waals surface area contributed by atoms with E-state index in [9.17, 15) is 0 Å². The van der Waals surface area contributed by atoms with Crippen molar-refractivity contribution >= 4 is 0 Å². The van der Waals surface area contributed by atoms with Crippen LogP contribution in [0.4, 0.5) is 0 Å². The zero-order valence-electron chi connectivity index (χ0n) is 6.27. The first-order valence-corrected chi connectivity index (χ1v) is 3.62. The molecule has 0 aromatic carbocycles. The summed E-state index contributed by atoms with van der Waals surface area (Å²) in [6.45, 7) is 6.65. The lowest BCUT2D eigenvalue weighted by Gasteiger charge is -2.04. The monoisotopic (exact) mass is 127 g/mol. The van der Waals surface area contributed by atoms with Crippen LogP contribution in [0.15, 0.2) is 12.7 Å². The van der Waals surface area contributed by atoms with Gasteiger partial charge < -0.3 is 5.73 Å². The Kier molecular flexibility index (Phi) is 5.64. The van der Waals surface area contributed by atoms with E-state index < -0.39 is 0 Å². The summed E-state index contributed by atoms with van der Waals surface area (Å²) in [4.78, 5) is 0. The van der Waals surface area contributed by atoms with Crippen molar-refractivity contribution in [3.05, 3.63) is 12.7 Å². The molecular formula is C8H17N. The van der Waals surface area contributed by atoms with Gasteiger partial charge in [-0.3, -0.25) is 0 Å². The van der Waals surface area contributed by atoms with Crippen molar-refractivity contribution in [3.63, 3.8) is 0 Å². The fraction of sp³-hybridized carbons (Fsp3) is 0.750. The van der Waals surface area contributed by atoms with Crippen molar-refractivity contribution in [1.29, 1.82) is 0 Å².